The van der Waals surface area contributed by atoms with Crippen molar-refractivity contribution in [2.75, 3.05) is 0 Å². The van der Waals surface area contributed by atoms with Gasteiger partial charge in [0.15, 0.2) is 0 Å². The minimum Gasteiger partial charge on any atom is -0.386 e. The van der Waals surface area contributed by atoms with Gasteiger partial charge in [-0.3, -0.25) is 0 Å². The highest BCUT2D eigenvalue weighted by molar-refractivity contribution is 6.35. The zero-order valence-electron chi connectivity index (χ0n) is 4.96. The molecule has 2 atom stereocenters. The van der Waals surface area contributed by atoms with E-state index in [9.17, 15) is 0 Å². The highest BCUT2D eigenvalue weighted by atomic mass is 35.5. The Morgan fingerprint density at radius 1 is 1.30 bits per heavy atom. The lowest BCUT2D eigenvalue weighted by molar-refractivity contribution is 0.0761. The van der Waals surface area contributed by atoms with Crippen LogP contribution >= 0.6 is 23.2 Å². The second-order valence-corrected chi connectivity index (χ2v) is 2.89. The maximum Gasteiger partial charge on any atom is 0.119 e. The van der Waals surface area contributed by atoms with Gasteiger partial charge >= 0.3 is 0 Å². The third-order valence-corrected chi connectivity index (χ3v) is 1.78. The molecule has 0 bridgehead atoms. The van der Waals surface area contributed by atoms with Gasteiger partial charge in [-0.2, -0.15) is 0 Å². The van der Waals surface area contributed by atoms with Gasteiger partial charge in [0.25, 0.3) is 0 Å². The fourth-order valence-electron chi connectivity index (χ4n) is 0.683. The normalized spacial score (nSPS) is 33.2. The van der Waals surface area contributed by atoms with Crippen LogP contribution in [-0.4, -0.2) is 22.4 Å². The number of aliphatic hydroxyl groups excluding tert-OH is 2. The van der Waals surface area contributed by atoms with Crippen molar-refractivity contribution in [1.82, 2.24) is 0 Å². The number of rotatable bonds is 0. The molecule has 2 nitrogen and oxygen atoms in total. The molecule has 10 heavy (non-hydrogen) atoms. The first-order chi connectivity index (χ1) is 4.61. The number of hydrogen-bond donors (Lipinski definition) is 2. The van der Waals surface area contributed by atoms with Crippen LogP contribution < -0.4 is 0 Å². The zero-order valence-corrected chi connectivity index (χ0v) is 6.47. The van der Waals surface area contributed by atoms with Crippen LogP contribution in [0.3, 0.4) is 0 Å². The molecule has 0 radical (unpaired) electrons. The van der Waals surface area contributed by atoms with Crippen molar-refractivity contribution >= 4 is 23.2 Å². The summed E-state index contributed by atoms with van der Waals surface area (Å²) in [5.74, 6) is 0. The Kier molecular flexibility index (Phi) is 2.36. The van der Waals surface area contributed by atoms with Crippen molar-refractivity contribution < 1.29 is 10.2 Å². The Balaban J connectivity index is 2.85. The van der Waals surface area contributed by atoms with Gasteiger partial charge in [0.05, 0.1) is 5.03 Å². The van der Waals surface area contributed by atoms with E-state index in [1.807, 2.05) is 0 Å². The van der Waals surface area contributed by atoms with Gasteiger partial charge in [0.2, 0.25) is 0 Å². The van der Waals surface area contributed by atoms with Crippen LogP contribution in [0.5, 0.6) is 0 Å². The molecule has 1 rings (SSSR count). The van der Waals surface area contributed by atoms with Crippen LogP contribution in [0, 0.1) is 0 Å². The predicted molar refractivity (Wildman–Crippen MR) is 39.9 cm³/mol. The molecule has 4 heteroatoms. The van der Waals surface area contributed by atoms with Crippen molar-refractivity contribution in [2.24, 2.45) is 0 Å². The van der Waals surface area contributed by atoms with Crippen LogP contribution in [0.4, 0.5) is 0 Å². The molecule has 0 saturated carbocycles. The molecular weight excluding hydrogens is 175 g/mol. The molecule has 56 valence electrons. The van der Waals surface area contributed by atoms with E-state index in [4.69, 9.17) is 33.4 Å². The Hall–Kier alpha value is -0.0200. The summed E-state index contributed by atoms with van der Waals surface area (Å²) in [6.45, 7) is 0. The van der Waals surface area contributed by atoms with E-state index in [1.165, 1.54) is 12.2 Å². The second kappa shape index (κ2) is 2.93. The van der Waals surface area contributed by atoms with Crippen molar-refractivity contribution in [3.63, 3.8) is 0 Å². The first-order valence-corrected chi connectivity index (χ1v) is 3.47. The summed E-state index contributed by atoms with van der Waals surface area (Å²) in [6.07, 6.45) is 0.729. The molecule has 0 aliphatic heterocycles. The van der Waals surface area contributed by atoms with Crippen molar-refractivity contribution in [1.29, 1.82) is 0 Å². The van der Waals surface area contributed by atoms with Crippen LogP contribution in [0.15, 0.2) is 22.2 Å². The fourth-order valence-corrected chi connectivity index (χ4v) is 1.23. The lowest BCUT2D eigenvalue weighted by Gasteiger charge is -2.17. The van der Waals surface area contributed by atoms with Gasteiger partial charge in [-0.25, -0.2) is 0 Å². The van der Waals surface area contributed by atoms with E-state index in [0.717, 1.165) is 0 Å². The van der Waals surface area contributed by atoms with Gasteiger partial charge in [-0.1, -0.05) is 23.2 Å². The van der Waals surface area contributed by atoms with Gasteiger partial charge in [-0.05, 0) is 12.2 Å². The molecule has 0 amide bonds. The molecule has 2 N–H and O–H groups in total. The lowest BCUT2D eigenvalue weighted by Crippen LogP contribution is -2.26. The summed E-state index contributed by atoms with van der Waals surface area (Å²) in [7, 11) is 0. The van der Waals surface area contributed by atoms with E-state index in [-0.39, 0.29) is 5.03 Å². The Morgan fingerprint density at radius 3 is 2.40 bits per heavy atom. The molecule has 0 aromatic carbocycles. The third-order valence-electron chi connectivity index (χ3n) is 1.21. The molecule has 0 aromatic rings. The summed E-state index contributed by atoms with van der Waals surface area (Å²) in [5, 5.41) is 18.5. The first-order valence-electron chi connectivity index (χ1n) is 2.72. The largest absolute Gasteiger partial charge is 0.386 e. The monoisotopic (exact) mass is 180 g/mol. The molecule has 1 aliphatic carbocycles. The molecular formula is C6H6Cl2O2. The number of halogens is 2. The highest BCUT2D eigenvalue weighted by Gasteiger charge is 2.21. The maximum atomic E-state index is 9.01. The Labute approximate surface area is 68.4 Å². The smallest absolute Gasteiger partial charge is 0.119 e. The van der Waals surface area contributed by atoms with Crippen LogP contribution in [0.1, 0.15) is 0 Å². The van der Waals surface area contributed by atoms with Crippen LogP contribution in [0.25, 0.3) is 0 Å². The third kappa shape index (κ3) is 1.52. The maximum absolute atomic E-state index is 9.01. The summed E-state index contributed by atoms with van der Waals surface area (Å²) in [5.41, 5.74) is 0. The molecule has 1 aliphatic rings. The number of aliphatic hydroxyl groups is 2. The van der Waals surface area contributed by atoms with E-state index >= 15 is 0 Å². The molecule has 0 fully saturated rings. The van der Waals surface area contributed by atoms with Crippen molar-refractivity contribution in [3.05, 3.63) is 22.2 Å². The predicted octanol–water partition coefficient (Wildman–Crippen LogP) is 0.967. The lowest BCUT2D eigenvalue weighted by atomic mass is 10.1. The summed E-state index contributed by atoms with van der Waals surface area (Å²) in [6, 6.07) is 0. The SMILES string of the molecule is OC1C=C(Cl)C=C(Cl)C1O. The van der Waals surface area contributed by atoms with Crippen molar-refractivity contribution in [2.45, 2.75) is 12.2 Å². The summed E-state index contributed by atoms with van der Waals surface area (Å²) in [4.78, 5) is 0. The van der Waals surface area contributed by atoms with Gasteiger partial charge < -0.3 is 10.2 Å². The minimum absolute atomic E-state index is 0.167. The van der Waals surface area contributed by atoms with Gasteiger partial charge in [0, 0.05) is 5.03 Å². The number of allylic oxidation sites excluding steroid dienone is 2. The number of hydrogen-bond acceptors (Lipinski definition) is 2. The highest BCUT2D eigenvalue weighted by Crippen LogP contribution is 2.23. The van der Waals surface area contributed by atoms with Crippen LogP contribution in [0.2, 0.25) is 0 Å². The van der Waals surface area contributed by atoms with Gasteiger partial charge in [-0.15, -0.1) is 0 Å². The minimum atomic E-state index is -1.02. The average molecular weight is 181 g/mol. The fraction of sp³-hybridized carbons (Fsp3) is 0.333. The summed E-state index contributed by atoms with van der Waals surface area (Å²) < 4.78 is 0. The molecule has 0 aromatic heterocycles. The molecule has 2 unspecified atom stereocenters. The standard InChI is InChI=1S/C6H6Cl2O2/c7-3-1-4(8)6(10)5(9)2-3/h1-2,5-6,9-10H. The van der Waals surface area contributed by atoms with E-state index in [1.54, 1.807) is 0 Å². The molecule has 0 saturated heterocycles. The van der Waals surface area contributed by atoms with E-state index in [2.05, 4.69) is 0 Å². The second-order valence-electron chi connectivity index (χ2n) is 2.02. The first kappa shape index (κ1) is 8.08. The van der Waals surface area contributed by atoms with Crippen LogP contribution in [-0.2, 0) is 0 Å². The van der Waals surface area contributed by atoms with E-state index < -0.39 is 12.2 Å². The Bertz CT molecular complexity index is 198. The molecule has 0 heterocycles. The Morgan fingerprint density at radius 2 is 1.90 bits per heavy atom. The van der Waals surface area contributed by atoms with Crippen molar-refractivity contribution in [3.8, 4) is 0 Å². The zero-order chi connectivity index (χ0) is 7.72. The quantitative estimate of drug-likeness (QED) is 0.584. The summed E-state index contributed by atoms with van der Waals surface area (Å²) >= 11 is 11.0. The average Bonchev–Trinajstić information content (AvgIpc) is 1.82. The molecule has 0 spiro atoms. The van der Waals surface area contributed by atoms with E-state index in [0.29, 0.717) is 5.03 Å². The van der Waals surface area contributed by atoms with Gasteiger partial charge in [0.1, 0.15) is 12.2 Å². The topological polar surface area (TPSA) is 40.5 Å².